The number of sulfonamides is 1. The second kappa shape index (κ2) is 5.57. The van der Waals surface area contributed by atoms with Crippen LogP contribution in [0.1, 0.15) is 0 Å². The van der Waals surface area contributed by atoms with Gasteiger partial charge in [-0.25, -0.2) is 12.8 Å². The second-order valence-corrected chi connectivity index (χ2v) is 8.57. The molecule has 9 heteroatoms. The summed E-state index contributed by atoms with van der Waals surface area (Å²) in [6.07, 6.45) is 0. The van der Waals surface area contributed by atoms with Gasteiger partial charge in [-0.3, -0.25) is 4.72 Å². The van der Waals surface area contributed by atoms with E-state index < -0.39 is 15.8 Å². The Kier molecular flexibility index (Phi) is 4.42. The second-order valence-electron chi connectivity index (χ2n) is 3.45. The van der Waals surface area contributed by atoms with Crippen molar-refractivity contribution < 1.29 is 12.8 Å². The van der Waals surface area contributed by atoms with Crippen molar-refractivity contribution in [1.29, 1.82) is 0 Å². The van der Waals surface area contributed by atoms with Crippen molar-refractivity contribution in [2.24, 2.45) is 0 Å². The van der Waals surface area contributed by atoms with Crippen LogP contribution in [-0.2, 0) is 10.0 Å². The van der Waals surface area contributed by atoms with E-state index in [0.29, 0.717) is 8.81 Å². The van der Waals surface area contributed by atoms with Crippen molar-refractivity contribution in [1.82, 2.24) is 0 Å². The summed E-state index contributed by atoms with van der Waals surface area (Å²) in [5, 5.41) is 0.394. The fraction of sp³-hybridized carbons (Fsp3) is 0. The zero-order valence-electron chi connectivity index (χ0n) is 8.95. The molecule has 0 bridgehead atoms. The van der Waals surface area contributed by atoms with E-state index in [9.17, 15) is 12.8 Å². The van der Waals surface area contributed by atoms with Crippen molar-refractivity contribution in [3.05, 3.63) is 43.9 Å². The Balaban J connectivity index is 2.36. The number of benzene rings is 1. The zero-order valence-corrected chi connectivity index (χ0v) is 13.7. The molecule has 0 saturated carbocycles. The van der Waals surface area contributed by atoms with Gasteiger partial charge in [-0.2, -0.15) is 0 Å². The lowest BCUT2D eigenvalue weighted by Crippen LogP contribution is -2.11. The number of rotatable bonds is 3. The van der Waals surface area contributed by atoms with E-state index >= 15 is 0 Å². The Morgan fingerprint density at radius 3 is 2.42 bits per heavy atom. The van der Waals surface area contributed by atoms with Crippen molar-refractivity contribution in [2.75, 3.05) is 4.72 Å². The molecule has 102 valence electrons. The Bertz CT molecular complexity index is 693. The van der Waals surface area contributed by atoms with Gasteiger partial charge in [0.2, 0.25) is 0 Å². The molecule has 1 aromatic heterocycles. The molecule has 0 aliphatic rings. The van der Waals surface area contributed by atoms with Gasteiger partial charge in [0, 0.05) is 5.02 Å². The number of halogens is 4. The molecule has 19 heavy (non-hydrogen) atoms. The van der Waals surface area contributed by atoms with E-state index in [4.69, 9.17) is 23.2 Å². The average Bonchev–Trinajstić information content (AvgIpc) is 2.57. The molecule has 0 spiro atoms. The summed E-state index contributed by atoms with van der Waals surface area (Å²) in [5.41, 5.74) is 0.0469. The highest BCUT2D eigenvalue weighted by Crippen LogP contribution is 2.35. The predicted molar refractivity (Wildman–Crippen MR) is 79.2 cm³/mol. The zero-order chi connectivity index (χ0) is 14.2. The van der Waals surface area contributed by atoms with Crippen molar-refractivity contribution in [2.45, 2.75) is 4.21 Å². The molecule has 0 unspecified atom stereocenters. The topological polar surface area (TPSA) is 46.2 Å². The third-order valence-electron chi connectivity index (χ3n) is 2.00. The molecule has 0 aliphatic heterocycles. The van der Waals surface area contributed by atoms with Gasteiger partial charge in [0.15, 0.2) is 0 Å². The summed E-state index contributed by atoms with van der Waals surface area (Å²) < 4.78 is 40.0. The van der Waals surface area contributed by atoms with Crippen LogP contribution >= 0.6 is 50.5 Å². The number of thiophene rings is 1. The molecule has 0 saturated heterocycles. The molecule has 0 radical (unpaired) electrons. The molecular formula is C10H5BrCl2FNO2S2. The minimum atomic E-state index is -3.82. The molecular weight excluding hydrogens is 400 g/mol. The molecule has 2 rings (SSSR count). The quantitative estimate of drug-likeness (QED) is 0.801. The maximum Gasteiger partial charge on any atom is 0.271 e. The first-order valence-corrected chi connectivity index (χ1v) is 8.56. The minimum Gasteiger partial charge on any atom is -0.279 e. The van der Waals surface area contributed by atoms with Gasteiger partial charge in [0.05, 0.1) is 14.5 Å². The van der Waals surface area contributed by atoms with Crippen molar-refractivity contribution in [3.8, 4) is 0 Å². The molecule has 0 atom stereocenters. The van der Waals surface area contributed by atoms with Crippen LogP contribution in [0.15, 0.2) is 32.3 Å². The summed E-state index contributed by atoms with van der Waals surface area (Å²) in [4.78, 5) is 0. The summed E-state index contributed by atoms with van der Waals surface area (Å²) >= 11 is 15.5. The summed E-state index contributed by atoms with van der Waals surface area (Å²) in [5.74, 6) is -0.629. The Morgan fingerprint density at radius 1 is 1.21 bits per heavy atom. The molecule has 1 aromatic carbocycles. The fourth-order valence-electron chi connectivity index (χ4n) is 1.28. The molecule has 1 heterocycles. The first-order valence-electron chi connectivity index (χ1n) is 4.72. The van der Waals surface area contributed by atoms with Crippen LogP contribution in [-0.4, -0.2) is 8.42 Å². The van der Waals surface area contributed by atoms with Gasteiger partial charge >= 0.3 is 0 Å². The lowest BCUT2D eigenvalue weighted by molar-refractivity contribution is 0.603. The maximum absolute atomic E-state index is 13.1. The summed E-state index contributed by atoms with van der Waals surface area (Å²) in [6.45, 7) is 0. The Hall–Kier alpha value is -0.340. The Morgan fingerprint density at radius 2 is 1.89 bits per heavy atom. The average molecular weight is 405 g/mol. The van der Waals surface area contributed by atoms with Gasteiger partial charge in [-0.05, 0) is 40.2 Å². The van der Waals surface area contributed by atoms with Gasteiger partial charge in [-0.1, -0.05) is 23.2 Å². The van der Waals surface area contributed by atoms with Crippen LogP contribution in [0.25, 0.3) is 0 Å². The first-order chi connectivity index (χ1) is 8.78. The van der Waals surface area contributed by atoms with Crippen LogP contribution in [0.3, 0.4) is 0 Å². The van der Waals surface area contributed by atoms with Crippen molar-refractivity contribution >= 4 is 66.2 Å². The van der Waals surface area contributed by atoms with Gasteiger partial charge in [-0.15, -0.1) is 11.3 Å². The third kappa shape index (κ3) is 3.61. The van der Waals surface area contributed by atoms with Crippen molar-refractivity contribution in [3.63, 3.8) is 0 Å². The molecule has 1 N–H and O–H groups in total. The van der Waals surface area contributed by atoms with E-state index in [1.807, 2.05) is 0 Å². The third-order valence-corrected chi connectivity index (χ3v) is 6.55. The standard InChI is InChI=1S/C10H5BrCl2FNO2S2/c11-10-8(13)4-9(18-10)19(16,17)15-7-2-5(12)1-6(14)3-7/h1-4,15H. The van der Waals surface area contributed by atoms with Crippen LogP contribution < -0.4 is 4.72 Å². The number of hydrogen-bond donors (Lipinski definition) is 1. The highest BCUT2D eigenvalue weighted by atomic mass is 79.9. The lowest BCUT2D eigenvalue weighted by Gasteiger charge is -2.06. The minimum absolute atomic E-state index is 0.0183. The van der Waals surface area contributed by atoms with E-state index in [1.54, 1.807) is 0 Å². The maximum atomic E-state index is 13.1. The highest BCUT2D eigenvalue weighted by Gasteiger charge is 2.19. The number of hydrogen-bond acceptors (Lipinski definition) is 3. The smallest absolute Gasteiger partial charge is 0.271 e. The van der Waals surface area contributed by atoms with Crippen LogP contribution in [0.4, 0.5) is 10.1 Å². The van der Waals surface area contributed by atoms with Gasteiger partial charge < -0.3 is 0 Å². The summed E-state index contributed by atoms with van der Waals surface area (Å²) in [7, 11) is -3.82. The predicted octanol–water partition coefficient (Wildman–Crippen LogP) is 4.76. The van der Waals surface area contributed by atoms with Crippen LogP contribution in [0.2, 0.25) is 10.0 Å². The molecule has 0 fully saturated rings. The normalized spacial score (nSPS) is 11.6. The van der Waals surface area contributed by atoms with E-state index in [2.05, 4.69) is 20.7 Å². The summed E-state index contributed by atoms with van der Waals surface area (Å²) in [6, 6.07) is 4.73. The van der Waals surface area contributed by atoms with E-state index in [-0.39, 0.29) is 14.9 Å². The van der Waals surface area contributed by atoms with E-state index in [1.165, 1.54) is 12.1 Å². The number of nitrogens with one attached hydrogen (secondary N) is 1. The van der Waals surface area contributed by atoms with Gasteiger partial charge in [0.25, 0.3) is 10.0 Å². The van der Waals surface area contributed by atoms with Crippen LogP contribution in [0.5, 0.6) is 0 Å². The molecule has 0 aliphatic carbocycles. The van der Waals surface area contributed by atoms with E-state index in [0.717, 1.165) is 23.5 Å². The lowest BCUT2D eigenvalue weighted by atomic mass is 10.3. The molecule has 2 aromatic rings. The largest absolute Gasteiger partial charge is 0.279 e. The molecule has 3 nitrogen and oxygen atoms in total. The van der Waals surface area contributed by atoms with Crippen LogP contribution in [0, 0.1) is 5.82 Å². The number of anilines is 1. The first kappa shape index (κ1) is 15.1. The fourth-order valence-corrected chi connectivity index (χ4v) is 4.94. The molecule has 0 amide bonds. The SMILES string of the molecule is O=S(=O)(Nc1cc(F)cc(Cl)c1)c1cc(Cl)c(Br)s1. The highest BCUT2D eigenvalue weighted by molar-refractivity contribution is 9.11. The monoisotopic (exact) mass is 403 g/mol. The Labute approximate surface area is 131 Å². The van der Waals surface area contributed by atoms with Gasteiger partial charge in [0.1, 0.15) is 10.0 Å².